The predicted molar refractivity (Wildman–Crippen MR) is 118 cm³/mol. The normalized spacial score (nSPS) is 15.0. The first kappa shape index (κ1) is 20.1. The zero-order chi connectivity index (χ0) is 21.3. The molecule has 4 rings (SSSR count). The van der Waals surface area contributed by atoms with Gasteiger partial charge in [-0.05, 0) is 53.8 Å². The zero-order valence-electron chi connectivity index (χ0n) is 17.7. The van der Waals surface area contributed by atoms with Gasteiger partial charge in [0.25, 0.3) is 0 Å². The van der Waals surface area contributed by atoms with Crippen LogP contribution in [-0.4, -0.2) is 36.1 Å². The second-order valence-corrected chi connectivity index (χ2v) is 8.23. The van der Waals surface area contributed by atoms with Crippen LogP contribution in [0.2, 0.25) is 0 Å². The van der Waals surface area contributed by atoms with E-state index < -0.39 is 0 Å². The van der Waals surface area contributed by atoms with Crippen molar-refractivity contribution in [2.75, 3.05) is 31.1 Å². The number of nitriles is 1. The van der Waals surface area contributed by atoms with Crippen LogP contribution >= 0.6 is 0 Å². The molecule has 0 amide bonds. The van der Waals surface area contributed by atoms with E-state index in [-0.39, 0.29) is 5.63 Å². The number of pyridine rings is 1. The molecule has 2 aromatic heterocycles. The van der Waals surface area contributed by atoms with Crippen LogP contribution in [0.25, 0.3) is 11.0 Å². The van der Waals surface area contributed by atoms with E-state index >= 15 is 0 Å². The average molecular weight is 402 g/mol. The van der Waals surface area contributed by atoms with Gasteiger partial charge in [0.1, 0.15) is 11.4 Å². The van der Waals surface area contributed by atoms with E-state index in [4.69, 9.17) is 9.68 Å². The number of fused-ring (bicyclic) bond motifs is 1. The number of anilines is 1. The molecular weight excluding hydrogens is 376 g/mol. The molecule has 0 radical (unpaired) electrons. The van der Waals surface area contributed by atoms with E-state index in [1.807, 2.05) is 12.1 Å². The third-order valence-corrected chi connectivity index (χ3v) is 5.80. The molecule has 0 atom stereocenters. The highest BCUT2D eigenvalue weighted by Gasteiger charge is 2.20. The Bertz CT molecular complexity index is 1170. The maximum Gasteiger partial charge on any atom is 0.336 e. The Kier molecular flexibility index (Phi) is 5.56. The van der Waals surface area contributed by atoms with E-state index in [2.05, 4.69) is 47.7 Å². The molecule has 3 aromatic rings. The number of benzene rings is 1. The van der Waals surface area contributed by atoms with Gasteiger partial charge >= 0.3 is 5.63 Å². The molecule has 0 N–H and O–H groups in total. The van der Waals surface area contributed by atoms with Gasteiger partial charge in [0.05, 0.1) is 11.6 Å². The van der Waals surface area contributed by atoms with Crippen molar-refractivity contribution in [3.8, 4) is 6.07 Å². The fraction of sp³-hybridized carbons (Fsp3) is 0.375. The molecule has 1 aliphatic rings. The number of piperazine rings is 1. The molecule has 30 heavy (non-hydrogen) atoms. The summed E-state index contributed by atoms with van der Waals surface area (Å²) in [4.78, 5) is 21.1. The van der Waals surface area contributed by atoms with E-state index in [0.717, 1.165) is 48.5 Å². The van der Waals surface area contributed by atoms with Gasteiger partial charge in [0.15, 0.2) is 0 Å². The van der Waals surface area contributed by atoms with Gasteiger partial charge in [-0.2, -0.15) is 5.26 Å². The standard InChI is InChI=1S/C24H26N4O2/c1-16(2)20-13-21-19(12-24(29)30-22(21)10-17(20)3)15-27-6-8-28(9-7-27)23-11-18(14-25)4-5-26-23/h4-5,10-13,16H,6-9,15H2,1-3H3. The van der Waals surface area contributed by atoms with Crippen molar-refractivity contribution in [3.63, 3.8) is 0 Å². The Morgan fingerprint density at radius 3 is 2.63 bits per heavy atom. The summed E-state index contributed by atoms with van der Waals surface area (Å²) in [5.41, 5.74) is 4.44. The van der Waals surface area contributed by atoms with Gasteiger partial charge in [-0.25, -0.2) is 9.78 Å². The Balaban J connectivity index is 1.54. The fourth-order valence-electron chi connectivity index (χ4n) is 4.18. The molecule has 0 unspecified atom stereocenters. The molecular formula is C24H26N4O2. The molecule has 0 saturated carbocycles. The highest BCUT2D eigenvalue weighted by Crippen LogP contribution is 2.27. The van der Waals surface area contributed by atoms with Crippen molar-refractivity contribution < 1.29 is 4.42 Å². The summed E-state index contributed by atoms with van der Waals surface area (Å²) in [6.45, 7) is 10.5. The highest BCUT2D eigenvalue weighted by molar-refractivity contribution is 5.82. The Labute approximate surface area is 176 Å². The number of hydrogen-bond acceptors (Lipinski definition) is 6. The number of aryl methyl sites for hydroxylation is 1. The SMILES string of the molecule is Cc1cc2oc(=O)cc(CN3CCN(c4cc(C#N)ccn4)CC3)c2cc1C(C)C. The molecule has 0 spiro atoms. The van der Waals surface area contributed by atoms with E-state index in [1.165, 1.54) is 5.56 Å². The lowest BCUT2D eigenvalue weighted by Crippen LogP contribution is -2.46. The van der Waals surface area contributed by atoms with Gasteiger partial charge < -0.3 is 9.32 Å². The molecule has 1 aliphatic heterocycles. The largest absolute Gasteiger partial charge is 0.423 e. The van der Waals surface area contributed by atoms with Crippen molar-refractivity contribution >= 4 is 16.8 Å². The summed E-state index contributed by atoms with van der Waals surface area (Å²) in [6, 6.07) is 11.5. The minimum absolute atomic E-state index is 0.301. The molecule has 3 heterocycles. The number of rotatable bonds is 4. The van der Waals surface area contributed by atoms with Crippen molar-refractivity contribution in [1.82, 2.24) is 9.88 Å². The maximum atomic E-state index is 12.1. The van der Waals surface area contributed by atoms with Crippen LogP contribution in [0.3, 0.4) is 0 Å². The van der Waals surface area contributed by atoms with Crippen LogP contribution in [-0.2, 0) is 6.54 Å². The fourth-order valence-corrected chi connectivity index (χ4v) is 4.18. The summed E-state index contributed by atoms with van der Waals surface area (Å²) in [5, 5.41) is 10.1. The van der Waals surface area contributed by atoms with E-state index in [1.54, 1.807) is 18.3 Å². The van der Waals surface area contributed by atoms with Crippen LogP contribution in [0.1, 0.15) is 42.0 Å². The summed E-state index contributed by atoms with van der Waals surface area (Å²) in [5.74, 6) is 1.26. The van der Waals surface area contributed by atoms with Crippen LogP contribution in [0.4, 0.5) is 5.82 Å². The van der Waals surface area contributed by atoms with Gasteiger partial charge in [0.2, 0.25) is 0 Å². The Morgan fingerprint density at radius 1 is 1.17 bits per heavy atom. The molecule has 0 aliphatic carbocycles. The molecule has 0 bridgehead atoms. The van der Waals surface area contributed by atoms with Crippen LogP contribution < -0.4 is 10.5 Å². The quantitative estimate of drug-likeness (QED) is 0.618. The molecule has 6 heteroatoms. The van der Waals surface area contributed by atoms with Crippen LogP contribution in [0, 0.1) is 18.3 Å². The van der Waals surface area contributed by atoms with Gasteiger partial charge in [-0.15, -0.1) is 0 Å². The lowest BCUT2D eigenvalue weighted by atomic mass is 9.95. The maximum absolute atomic E-state index is 12.1. The van der Waals surface area contributed by atoms with Crippen molar-refractivity contribution in [1.29, 1.82) is 5.26 Å². The number of aromatic nitrogens is 1. The number of nitrogens with zero attached hydrogens (tertiary/aromatic N) is 4. The van der Waals surface area contributed by atoms with Gasteiger partial charge in [0, 0.05) is 50.4 Å². The molecule has 1 fully saturated rings. The third kappa shape index (κ3) is 4.07. The minimum atomic E-state index is -0.301. The number of hydrogen-bond donors (Lipinski definition) is 0. The van der Waals surface area contributed by atoms with Crippen molar-refractivity contribution in [3.05, 3.63) is 69.2 Å². The van der Waals surface area contributed by atoms with E-state index in [0.29, 0.717) is 23.6 Å². The lowest BCUT2D eigenvalue weighted by Gasteiger charge is -2.35. The van der Waals surface area contributed by atoms with Crippen molar-refractivity contribution in [2.45, 2.75) is 33.2 Å². The summed E-state index contributed by atoms with van der Waals surface area (Å²) >= 11 is 0. The Morgan fingerprint density at radius 2 is 1.93 bits per heavy atom. The van der Waals surface area contributed by atoms with Crippen LogP contribution in [0.15, 0.2) is 45.7 Å². The topological polar surface area (TPSA) is 73.4 Å². The minimum Gasteiger partial charge on any atom is -0.423 e. The summed E-state index contributed by atoms with van der Waals surface area (Å²) in [6.07, 6.45) is 1.68. The van der Waals surface area contributed by atoms with E-state index in [9.17, 15) is 4.79 Å². The van der Waals surface area contributed by atoms with Crippen molar-refractivity contribution in [2.24, 2.45) is 0 Å². The molecule has 1 saturated heterocycles. The monoisotopic (exact) mass is 402 g/mol. The highest BCUT2D eigenvalue weighted by atomic mass is 16.4. The second kappa shape index (κ2) is 8.29. The summed E-state index contributed by atoms with van der Waals surface area (Å²) < 4.78 is 5.49. The van der Waals surface area contributed by atoms with Gasteiger partial charge in [-0.1, -0.05) is 13.8 Å². The Hall–Kier alpha value is -3.17. The average Bonchev–Trinajstić information content (AvgIpc) is 2.73. The smallest absolute Gasteiger partial charge is 0.336 e. The lowest BCUT2D eigenvalue weighted by molar-refractivity contribution is 0.249. The second-order valence-electron chi connectivity index (χ2n) is 8.23. The summed E-state index contributed by atoms with van der Waals surface area (Å²) in [7, 11) is 0. The zero-order valence-corrected chi connectivity index (χ0v) is 17.7. The third-order valence-electron chi connectivity index (χ3n) is 5.80. The first-order valence-electron chi connectivity index (χ1n) is 10.4. The van der Waals surface area contributed by atoms with Gasteiger partial charge in [-0.3, -0.25) is 4.90 Å². The predicted octanol–water partition coefficient (Wildman–Crippen LogP) is 3.81. The van der Waals surface area contributed by atoms with Crippen LogP contribution in [0.5, 0.6) is 0 Å². The first-order valence-corrected chi connectivity index (χ1v) is 10.4. The molecule has 1 aromatic carbocycles. The molecule has 154 valence electrons. The first-order chi connectivity index (χ1) is 14.4. The molecule has 6 nitrogen and oxygen atoms in total.